The SMILES string of the molecule is CN(C)C(=O)C1CCCN1C(CN)c1cccs1. The van der Waals surface area contributed by atoms with Crippen LogP contribution in [-0.2, 0) is 4.79 Å². The molecule has 2 unspecified atom stereocenters. The van der Waals surface area contributed by atoms with Crippen LogP contribution in [0.2, 0.25) is 0 Å². The fourth-order valence-corrected chi connectivity index (χ4v) is 3.48. The summed E-state index contributed by atoms with van der Waals surface area (Å²) in [7, 11) is 3.64. The Labute approximate surface area is 112 Å². The molecule has 5 heteroatoms. The molecule has 2 atom stereocenters. The second-order valence-corrected chi connectivity index (χ2v) is 5.87. The normalized spacial score (nSPS) is 22.1. The number of carbonyl (C=O) groups is 1. The van der Waals surface area contributed by atoms with E-state index in [4.69, 9.17) is 5.73 Å². The topological polar surface area (TPSA) is 49.6 Å². The Balaban J connectivity index is 2.17. The Kier molecular flexibility index (Phi) is 4.37. The number of rotatable bonds is 4. The van der Waals surface area contributed by atoms with Gasteiger partial charge in [0.25, 0.3) is 0 Å². The predicted molar refractivity (Wildman–Crippen MR) is 74.5 cm³/mol. The van der Waals surface area contributed by atoms with Gasteiger partial charge in [-0.25, -0.2) is 0 Å². The first kappa shape index (κ1) is 13.5. The van der Waals surface area contributed by atoms with Crippen LogP contribution in [-0.4, -0.2) is 48.9 Å². The summed E-state index contributed by atoms with van der Waals surface area (Å²) < 4.78 is 0. The Morgan fingerprint density at radius 2 is 2.44 bits per heavy atom. The highest BCUT2D eigenvalue weighted by Crippen LogP contribution is 2.31. The number of likely N-dealkylation sites (N-methyl/N-ethyl adjacent to an activating group) is 1. The lowest BCUT2D eigenvalue weighted by atomic mass is 10.1. The predicted octanol–water partition coefficient (Wildman–Crippen LogP) is 1.30. The van der Waals surface area contributed by atoms with E-state index in [2.05, 4.69) is 16.3 Å². The molecular formula is C13H21N3OS. The lowest BCUT2D eigenvalue weighted by Crippen LogP contribution is -2.45. The molecule has 0 radical (unpaired) electrons. The van der Waals surface area contributed by atoms with E-state index in [0.717, 1.165) is 19.4 Å². The van der Waals surface area contributed by atoms with Gasteiger partial charge in [-0.3, -0.25) is 9.69 Å². The Morgan fingerprint density at radius 1 is 1.67 bits per heavy atom. The molecule has 1 saturated heterocycles. The molecule has 0 saturated carbocycles. The lowest BCUT2D eigenvalue weighted by Gasteiger charge is -2.32. The molecular weight excluding hydrogens is 246 g/mol. The number of amides is 1. The summed E-state index contributed by atoms with van der Waals surface area (Å²) in [4.78, 5) is 17.4. The molecule has 0 aromatic carbocycles. The van der Waals surface area contributed by atoms with Crippen LogP contribution in [0.1, 0.15) is 23.8 Å². The molecule has 0 aliphatic carbocycles. The molecule has 1 aliphatic rings. The molecule has 4 nitrogen and oxygen atoms in total. The smallest absolute Gasteiger partial charge is 0.239 e. The highest BCUT2D eigenvalue weighted by molar-refractivity contribution is 7.10. The zero-order valence-electron chi connectivity index (χ0n) is 11.0. The summed E-state index contributed by atoms with van der Waals surface area (Å²) >= 11 is 1.72. The van der Waals surface area contributed by atoms with Gasteiger partial charge in [-0.1, -0.05) is 6.07 Å². The fraction of sp³-hybridized carbons (Fsp3) is 0.615. The summed E-state index contributed by atoms with van der Waals surface area (Å²) in [6.45, 7) is 1.53. The van der Waals surface area contributed by atoms with Crippen molar-refractivity contribution in [1.29, 1.82) is 0 Å². The van der Waals surface area contributed by atoms with Crippen LogP contribution in [0.5, 0.6) is 0 Å². The van der Waals surface area contributed by atoms with Gasteiger partial charge in [0.2, 0.25) is 5.91 Å². The van der Waals surface area contributed by atoms with Crippen molar-refractivity contribution in [2.24, 2.45) is 5.73 Å². The van der Waals surface area contributed by atoms with Crippen LogP contribution < -0.4 is 5.73 Å². The molecule has 2 N–H and O–H groups in total. The van der Waals surface area contributed by atoms with Crippen LogP contribution in [0.15, 0.2) is 17.5 Å². The van der Waals surface area contributed by atoms with Gasteiger partial charge in [0.05, 0.1) is 12.1 Å². The van der Waals surface area contributed by atoms with Crippen molar-refractivity contribution in [3.05, 3.63) is 22.4 Å². The van der Waals surface area contributed by atoms with Gasteiger partial charge in [0, 0.05) is 25.5 Å². The van der Waals surface area contributed by atoms with Crippen LogP contribution in [0.4, 0.5) is 0 Å². The monoisotopic (exact) mass is 267 g/mol. The quantitative estimate of drug-likeness (QED) is 0.894. The number of hydrogen-bond acceptors (Lipinski definition) is 4. The van der Waals surface area contributed by atoms with E-state index in [1.54, 1.807) is 16.2 Å². The zero-order chi connectivity index (χ0) is 13.1. The van der Waals surface area contributed by atoms with Crippen molar-refractivity contribution in [3.63, 3.8) is 0 Å². The van der Waals surface area contributed by atoms with Crippen molar-refractivity contribution >= 4 is 17.2 Å². The lowest BCUT2D eigenvalue weighted by molar-refractivity contribution is -0.134. The third kappa shape index (κ3) is 2.58. The maximum absolute atomic E-state index is 12.2. The second-order valence-electron chi connectivity index (χ2n) is 4.90. The van der Waals surface area contributed by atoms with E-state index in [1.807, 2.05) is 20.2 Å². The van der Waals surface area contributed by atoms with E-state index < -0.39 is 0 Å². The molecule has 18 heavy (non-hydrogen) atoms. The van der Waals surface area contributed by atoms with Crippen LogP contribution >= 0.6 is 11.3 Å². The van der Waals surface area contributed by atoms with Crippen LogP contribution in [0.25, 0.3) is 0 Å². The third-order valence-electron chi connectivity index (χ3n) is 3.52. The van der Waals surface area contributed by atoms with Crippen molar-refractivity contribution in [2.45, 2.75) is 24.9 Å². The highest BCUT2D eigenvalue weighted by Gasteiger charge is 2.36. The maximum atomic E-state index is 12.2. The van der Waals surface area contributed by atoms with Crippen molar-refractivity contribution in [1.82, 2.24) is 9.80 Å². The molecule has 2 heterocycles. The van der Waals surface area contributed by atoms with Gasteiger partial charge >= 0.3 is 0 Å². The van der Waals surface area contributed by atoms with Crippen molar-refractivity contribution in [2.75, 3.05) is 27.2 Å². The molecule has 100 valence electrons. The minimum absolute atomic E-state index is 0.00403. The minimum atomic E-state index is -0.00403. The molecule has 1 aromatic rings. The van der Waals surface area contributed by atoms with Gasteiger partial charge < -0.3 is 10.6 Å². The third-order valence-corrected chi connectivity index (χ3v) is 4.49. The second kappa shape index (κ2) is 5.82. The molecule has 1 aromatic heterocycles. The average molecular weight is 267 g/mol. The molecule has 2 rings (SSSR count). The van der Waals surface area contributed by atoms with Crippen molar-refractivity contribution in [3.8, 4) is 0 Å². The van der Waals surface area contributed by atoms with Crippen molar-refractivity contribution < 1.29 is 4.79 Å². The fourth-order valence-electron chi connectivity index (χ4n) is 2.62. The standard InChI is InChI=1S/C13H21N3OS/c1-15(2)13(17)10-5-3-7-16(10)11(9-14)12-6-4-8-18-12/h4,6,8,10-11H,3,5,7,9,14H2,1-2H3. The van der Waals surface area contributed by atoms with Gasteiger partial charge in [0.1, 0.15) is 0 Å². The van der Waals surface area contributed by atoms with Gasteiger partial charge in [-0.2, -0.15) is 0 Å². The summed E-state index contributed by atoms with van der Waals surface area (Å²) in [6, 6.07) is 4.33. The molecule has 0 spiro atoms. The Morgan fingerprint density at radius 3 is 3.00 bits per heavy atom. The number of nitrogens with zero attached hydrogens (tertiary/aromatic N) is 2. The van der Waals surface area contributed by atoms with E-state index in [0.29, 0.717) is 6.54 Å². The zero-order valence-corrected chi connectivity index (χ0v) is 11.8. The first-order chi connectivity index (χ1) is 8.65. The first-order valence-electron chi connectivity index (χ1n) is 6.35. The van der Waals surface area contributed by atoms with Gasteiger partial charge in [-0.15, -0.1) is 11.3 Å². The largest absolute Gasteiger partial charge is 0.347 e. The van der Waals surface area contributed by atoms with E-state index >= 15 is 0 Å². The molecule has 1 amide bonds. The summed E-state index contributed by atoms with van der Waals surface area (Å²) in [5.41, 5.74) is 5.92. The van der Waals surface area contributed by atoms with Crippen LogP contribution in [0, 0.1) is 0 Å². The number of thiophene rings is 1. The van der Waals surface area contributed by atoms with E-state index in [-0.39, 0.29) is 18.0 Å². The van der Waals surface area contributed by atoms with Crippen LogP contribution in [0.3, 0.4) is 0 Å². The first-order valence-corrected chi connectivity index (χ1v) is 7.23. The summed E-state index contributed by atoms with van der Waals surface area (Å²) in [5, 5.41) is 2.07. The number of nitrogens with two attached hydrogens (primary N) is 1. The van der Waals surface area contributed by atoms with Gasteiger partial charge in [-0.05, 0) is 30.8 Å². The number of carbonyl (C=O) groups excluding carboxylic acids is 1. The highest BCUT2D eigenvalue weighted by atomic mass is 32.1. The minimum Gasteiger partial charge on any atom is -0.347 e. The summed E-state index contributed by atoms with van der Waals surface area (Å²) in [6.07, 6.45) is 2.02. The number of hydrogen-bond donors (Lipinski definition) is 1. The van der Waals surface area contributed by atoms with E-state index in [1.165, 1.54) is 4.88 Å². The van der Waals surface area contributed by atoms with Gasteiger partial charge in [0.15, 0.2) is 0 Å². The molecule has 1 aliphatic heterocycles. The Hall–Kier alpha value is -0.910. The molecule has 1 fully saturated rings. The van der Waals surface area contributed by atoms with E-state index in [9.17, 15) is 4.79 Å². The molecule has 0 bridgehead atoms. The average Bonchev–Trinajstić information content (AvgIpc) is 3.00. The Bertz CT molecular complexity index is 391. The number of likely N-dealkylation sites (tertiary alicyclic amines) is 1. The summed E-state index contributed by atoms with van der Waals surface area (Å²) in [5.74, 6) is 0.197. The maximum Gasteiger partial charge on any atom is 0.239 e.